The van der Waals surface area contributed by atoms with E-state index in [9.17, 15) is 4.79 Å². The van der Waals surface area contributed by atoms with E-state index in [0.29, 0.717) is 22.8 Å². The molecule has 1 heterocycles. The fourth-order valence-corrected chi connectivity index (χ4v) is 2.34. The van der Waals surface area contributed by atoms with Crippen LogP contribution in [0.4, 0.5) is 5.69 Å². The number of rotatable bonds is 5. The van der Waals surface area contributed by atoms with E-state index < -0.39 is 0 Å². The zero-order chi connectivity index (χ0) is 18.4. The van der Waals surface area contributed by atoms with Gasteiger partial charge in [0.1, 0.15) is 12.4 Å². The number of fused-ring (bicyclic) bond motifs is 1. The Hall–Kier alpha value is -3.33. The monoisotopic (exact) mass is 352 g/mol. The Morgan fingerprint density at radius 3 is 2.65 bits per heavy atom. The van der Waals surface area contributed by atoms with E-state index in [1.165, 1.54) is 0 Å². The van der Waals surface area contributed by atoms with Crippen LogP contribution in [0.25, 0.3) is 0 Å². The molecule has 1 N–H and O–H groups in total. The molecule has 2 aromatic carbocycles. The standard InChI is InChI=1S/C20H20N2O4/c1-22(2)16-7-5-15(6-8-16)20(23)21-11-3-4-12-24-17-9-10-18-19(13-17)26-14-25-18/h5-10,13H,11-12,14H2,1-2H3,(H,21,23). The number of carbonyl (C=O) groups is 1. The molecule has 1 aliphatic rings. The van der Waals surface area contributed by atoms with Gasteiger partial charge in [-0.05, 0) is 36.4 Å². The van der Waals surface area contributed by atoms with Crippen LogP contribution >= 0.6 is 0 Å². The van der Waals surface area contributed by atoms with E-state index in [-0.39, 0.29) is 25.9 Å². The fourth-order valence-electron chi connectivity index (χ4n) is 2.34. The maximum atomic E-state index is 12.0. The molecule has 0 atom stereocenters. The molecule has 6 heteroatoms. The van der Waals surface area contributed by atoms with Gasteiger partial charge in [-0.25, -0.2) is 0 Å². The van der Waals surface area contributed by atoms with Gasteiger partial charge in [-0.2, -0.15) is 0 Å². The van der Waals surface area contributed by atoms with Gasteiger partial charge in [-0.1, -0.05) is 11.8 Å². The maximum absolute atomic E-state index is 12.0. The summed E-state index contributed by atoms with van der Waals surface area (Å²) in [5.74, 6) is 7.63. The number of amides is 1. The highest BCUT2D eigenvalue weighted by Gasteiger charge is 2.13. The Bertz CT molecular complexity index is 835. The number of hydrogen-bond acceptors (Lipinski definition) is 5. The largest absolute Gasteiger partial charge is 0.481 e. The lowest BCUT2D eigenvalue weighted by molar-refractivity contribution is 0.0958. The molecule has 3 rings (SSSR count). The molecule has 134 valence electrons. The molecule has 0 aliphatic carbocycles. The summed E-state index contributed by atoms with van der Waals surface area (Å²) in [7, 11) is 3.91. The quantitative estimate of drug-likeness (QED) is 0.837. The molecule has 1 amide bonds. The van der Waals surface area contributed by atoms with Crippen molar-refractivity contribution < 1.29 is 19.0 Å². The highest BCUT2D eigenvalue weighted by molar-refractivity contribution is 5.94. The maximum Gasteiger partial charge on any atom is 0.252 e. The van der Waals surface area contributed by atoms with E-state index in [4.69, 9.17) is 14.2 Å². The lowest BCUT2D eigenvalue weighted by Gasteiger charge is -2.12. The predicted octanol–water partition coefficient (Wildman–Crippen LogP) is 2.29. The van der Waals surface area contributed by atoms with Gasteiger partial charge in [0, 0.05) is 31.4 Å². The highest BCUT2D eigenvalue weighted by atomic mass is 16.7. The first kappa shape index (κ1) is 17.5. The molecule has 1 aliphatic heterocycles. The van der Waals surface area contributed by atoms with Gasteiger partial charge in [0.25, 0.3) is 5.91 Å². The summed E-state index contributed by atoms with van der Waals surface area (Å²) < 4.78 is 16.1. The van der Waals surface area contributed by atoms with Crippen LogP contribution in [-0.4, -0.2) is 39.9 Å². The summed E-state index contributed by atoms with van der Waals surface area (Å²) in [5, 5.41) is 2.76. The van der Waals surface area contributed by atoms with Crippen molar-refractivity contribution in [3.8, 4) is 29.1 Å². The van der Waals surface area contributed by atoms with Gasteiger partial charge >= 0.3 is 0 Å². The summed E-state index contributed by atoms with van der Waals surface area (Å²) in [6.45, 7) is 0.724. The zero-order valence-electron chi connectivity index (χ0n) is 14.7. The molecular weight excluding hydrogens is 332 g/mol. The average molecular weight is 352 g/mol. The van der Waals surface area contributed by atoms with E-state index in [2.05, 4.69) is 17.2 Å². The Kier molecular flexibility index (Phi) is 5.49. The minimum Gasteiger partial charge on any atom is -0.481 e. The third-order valence-corrected chi connectivity index (χ3v) is 3.76. The van der Waals surface area contributed by atoms with Crippen LogP contribution in [0.15, 0.2) is 42.5 Å². The second-order valence-electron chi connectivity index (χ2n) is 5.78. The van der Waals surface area contributed by atoms with Crippen molar-refractivity contribution in [3.05, 3.63) is 48.0 Å². The third kappa shape index (κ3) is 4.39. The first-order valence-electron chi connectivity index (χ1n) is 8.17. The molecular formula is C20H20N2O4. The number of benzene rings is 2. The molecule has 0 unspecified atom stereocenters. The van der Waals surface area contributed by atoms with Crippen LogP contribution in [0.3, 0.4) is 0 Å². The molecule has 0 radical (unpaired) electrons. The van der Waals surface area contributed by atoms with Crippen LogP contribution in [0.5, 0.6) is 17.2 Å². The van der Waals surface area contributed by atoms with Gasteiger partial charge in [0.15, 0.2) is 11.5 Å². The van der Waals surface area contributed by atoms with Crippen molar-refractivity contribution in [3.63, 3.8) is 0 Å². The zero-order valence-corrected chi connectivity index (χ0v) is 14.7. The summed E-state index contributed by atoms with van der Waals surface area (Å²) in [6.07, 6.45) is 0. The fraction of sp³-hybridized carbons (Fsp3) is 0.250. The van der Waals surface area contributed by atoms with Crippen molar-refractivity contribution in [1.82, 2.24) is 5.32 Å². The molecule has 6 nitrogen and oxygen atoms in total. The Morgan fingerprint density at radius 1 is 1.12 bits per heavy atom. The van der Waals surface area contributed by atoms with Gasteiger partial charge in [-0.15, -0.1) is 0 Å². The molecule has 0 saturated carbocycles. The van der Waals surface area contributed by atoms with Crippen molar-refractivity contribution in [2.24, 2.45) is 0 Å². The smallest absolute Gasteiger partial charge is 0.252 e. The van der Waals surface area contributed by atoms with E-state index in [0.717, 1.165) is 5.69 Å². The van der Waals surface area contributed by atoms with Crippen molar-refractivity contribution >= 4 is 11.6 Å². The number of nitrogens with zero attached hydrogens (tertiary/aromatic N) is 1. The molecule has 0 bridgehead atoms. The van der Waals surface area contributed by atoms with Gasteiger partial charge in [0.05, 0.1) is 6.54 Å². The second kappa shape index (κ2) is 8.17. The first-order chi connectivity index (χ1) is 12.6. The van der Waals surface area contributed by atoms with Crippen LogP contribution in [0.1, 0.15) is 10.4 Å². The minimum atomic E-state index is -0.152. The lowest BCUT2D eigenvalue weighted by Crippen LogP contribution is -2.23. The SMILES string of the molecule is CN(C)c1ccc(C(=O)NCC#CCOc2ccc3c(c2)OCO3)cc1. The van der Waals surface area contributed by atoms with Crippen LogP contribution in [-0.2, 0) is 0 Å². The predicted molar refractivity (Wildman–Crippen MR) is 98.9 cm³/mol. The van der Waals surface area contributed by atoms with Crippen LogP contribution < -0.4 is 24.4 Å². The molecule has 0 fully saturated rings. The summed E-state index contributed by atoms with van der Waals surface area (Å²) in [4.78, 5) is 14.0. The second-order valence-corrected chi connectivity index (χ2v) is 5.78. The van der Waals surface area contributed by atoms with Gasteiger partial charge in [0.2, 0.25) is 6.79 Å². The number of carbonyl (C=O) groups excluding carboxylic acids is 1. The van der Waals surface area contributed by atoms with Crippen molar-refractivity contribution in [2.45, 2.75) is 0 Å². The highest BCUT2D eigenvalue weighted by Crippen LogP contribution is 2.34. The molecule has 0 saturated heterocycles. The Balaban J connectivity index is 1.41. The van der Waals surface area contributed by atoms with E-state index >= 15 is 0 Å². The number of anilines is 1. The van der Waals surface area contributed by atoms with E-state index in [1.54, 1.807) is 30.3 Å². The molecule has 0 spiro atoms. The average Bonchev–Trinajstić information content (AvgIpc) is 3.12. The summed E-state index contributed by atoms with van der Waals surface area (Å²) in [5.41, 5.74) is 1.65. The first-order valence-corrected chi connectivity index (χ1v) is 8.17. The topological polar surface area (TPSA) is 60.0 Å². The van der Waals surface area contributed by atoms with Crippen molar-refractivity contribution in [2.75, 3.05) is 38.9 Å². The number of ether oxygens (including phenoxy) is 3. The summed E-state index contributed by atoms with van der Waals surface area (Å²) >= 11 is 0. The van der Waals surface area contributed by atoms with Crippen LogP contribution in [0.2, 0.25) is 0 Å². The molecule has 26 heavy (non-hydrogen) atoms. The van der Waals surface area contributed by atoms with Gasteiger partial charge in [-0.3, -0.25) is 4.79 Å². The van der Waals surface area contributed by atoms with Crippen LogP contribution in [0, 0.1) is 11.8 Å². The Morgan fingerprint density at radius 2 is 1.88 bits per heavy atom. The lowest BCUT2D eigenvalue weighted by atomic mass is 10.2. The normalized spacial score (nSPS) is 11.3. The number of hydrogen-bond donors (Lipinski definition) is 1. The summed E-state index contributed by atoms with van der Waals surface area (Å²) in [6, 6.07) is 12.8. The van der Waals surface area contributed by atoms with E-state index in [1.807, 2.05) is 31.1 Å². The van der Waals surface area contributed by atoms with Crippen molar-refractivity contribution in [1.29, 1.82) is 0 Å². The number of nitrogens with one attached hydrogen (secondary N) is 1. The minimum absolute atomic E-state index is 0.152. The Labute approximate surface area is 152 Å². The molecule has 0 aromatic heterocycles. The molecule has 2 aromatic rings. The third-order valence-electron chi connectivity index (χ3n) is 3.76. The van der Waals surface area contributed by atoms with Gasteiger partial charge < -0.3 is 24.4 Å².